The highest BCUT2D eigenvalue weighted by atomic mass is 35.5. The van der Waals surface area contributed by atoms with Crippen molar-refractivity contribution in [1.82, 2.24) is 0 Å². The Balaban J connectivity index is 2.17. The second kappa shape index (κ2) is 7.11. The molecular formula is C18H10Cl2FN3O. The predicted molar refractivity (Wildman–Crippen MR) is 96.7 cm³/mol. The van der Waals surface area contributed by atoms with Crippen LogP contribution >= 0.6 is 23.2 Å². The Kier molecular flexibility index (Phi) is 4.91. The van der Waals surface area contributed by atoms with E-state index in [1.54, 1.807) is 30.3 Å². The van der Waals surface area contributed by atoms with Gasteiger partial charge in [0.2, 0.25) is 0 Å². The number of rotatable bonds is 4. The van der Waals surface area contributed by atoms with Gasteiger partial charge in [-0.2, -0.15) is 0 Å². The highest BCUT2D eigenvalue weighted by Gasteiger charge is 2.22. The molecule has 0 aliphatic carbocycles. The minimum absolute atomic E-state index is 0.0169. The lowest BCUT2D eigenvalue weighted by Crippen LogP contribution is -2.07. The van der Waals surface area contributed by atoms with Gasteiger partial charge in [0.15, 0.2) is 5.78 Å². The fourth-order valence-corrected chi connectivity index (χ4v) is 3.35. The summed E-state index contributed by atoms with van der Waals surface area (Å²) in [6.07, 6.45) is 0. The SMILES string of the molecule is [N-]=[N+]=NCc1cc(Cl)c(C(=O)c2c(F)ccc3ccccc23)c(Cl)c1. The molecule has 0 saturated carbocycles. The van der Waals surface area contributed by atoms with E-state index in [2.05, 4.69) is 10.0 Å². The van der Waals surface area contributed by atoms with E-state index in [1.807, 2.05) is 0 Å². The minimum Gasteiger partial charge on any atom is -0.288 e. The first-order valence-electron chi connectivity index (χ1n) is 7.23. The van der Waals surface area contributed by atoms with Crippen molar-refractivity contribution >= 4 is 39.8 Å². The summed E-state index contributed by atoms with van der Waals surface area (Å²) in [5.41, 5.74) is 8.88. The summed E-state index contributed by atoms with van der Waals surface area (Å²) in [6, 6.07) is 12.8. The molecule has 7 heteroatoms. The third-order valence-electron chi connectivity index (χ3n) is 3.75. The molecule has 0 N–H and O–H groups in total. The fraction of sp³-hybridized carbons (Fsp3) is 0.0556. The molecule has 0 heterocycles. The Morgan fingerprint density at radius 3 is 2.44 bits per heavy atom. The molecule has 0 aliphatic rings. The lowest BCUT2D eigenvalue weighted by Gasteiger charge is -2.11. The van der Waals surface area contributed by atoms with Crippen LogP contribution in [0.3, 0.4) is 0 Å². The van der Waals surface area contributed by atoms with Crippen molar-refractivity contribution in [3.05, 3.63) is 91.5 Å². The summed E-state index contributed by atoms with van der Waals surface area (Å²) >= 11 is 12.4. The summed E-state index contributed by atoms with van der Waals surface area (Å²) in [5, 5.41) is 4.80. The molecule has 3 aromatic rings. The van der Waals surface area contributed by atoms with Gasteiger partial charge in [0, 0.05) is 4.91 Å². The number of nitrogens with zero attached hydrogens (tertiary/aromatic N) is 3. The molecule has 0 aliphatic heterocycles. The van der Waals surface area contributed by atoms with Crippen LogP contribution in [0.1, 0.15) is 21.5 Å². The van der Waals surface area contributed by atoms with Gasteiger partial charge in [-0.1, -0.05) is 58.6 Å². The van der Waals surface area contributed by atoms with Crippen LogP contribution in [0.5, 0.6) is 0 Å². The smallest absolute Gasteiger partial charge is 0.199 e. The van der Waals surface area contributed by atoms with Crippen LogP contribution in [0.4, 0.5) is 4.39 Å². The number of carbonyl (C=O) groups is 1. The molecule has 0 saturated heterocycles. The number of azide groups is 1. The average Bonchev–Trinajstić information content (AvgIpc) is 2.59. The number of halogens is 3. The van der Waals surface area contributed by atoms with Crippen molar-refractivity contribution in [3.63, 3.8) is 0 Å². The summed E-state index contributed by atoms with van der Waals surface area (Å²) in [4.78, 5) is 15.6. The molecule has 0 atom stereocenters. The number of hydrogen-bond acceptors (Lipinski definition) is 2. The van der Waals surface area contributed by atoms with Gasteiger partial charge in [-0.3, -0.25) is 4.79 Å². The molecule has 0 radical (unpaired) electrons. The lowest BCUT2D eigenvalue weighted by atomic mass is 9.96. The second-order valence-electron chi connectivity index (χ2n) is 5.30. The van der Waals surface area contributed by atoms with Crippen LogP contribution in [0.2, 0.25) is 10.0 Å². The van der Waals surface area contributed by atoms with E-state index in [4.69, 9.17) is 28.7 Å². The van der Waals surface area contributed by atoms with E-state index < -0.39 is 11.6 Å². The van der Waals surface area contributed by atoms with Gasteiger partial charge in [0.05, 0.1) is 27.7 Å². The number of fused-ring (bicyclic) bond motifs is 1. The third kappa shape index (κ3) is 3.30. The van der Waals surface area contributed by atoms with Crippen molar-refractivity contribution in [3.8, 4) is 0 Å². The van der Waals surface area contributed by atoms with Crippen LogP contribution in [0, 0.1) is 5.82 Å². The van der Waals surface area contributed by atoms with Crippen LogP contribution in [-0.4, -0.2) is 5.78 Å². The first kappa shape index (κ1) is 17.2. The van der Waals surface area contributed by atoms with Gasteiger partial charge in [-0.05, 0) is 40.1 Å². The number of carbonyl (C=O) groups excluding carboxylic acids is 1. The zero-order valence-electron chi connectivity index (χ0n) is 12.7. The van der Waals surface area contributed by atoms with Crippen molar-refractivity contribution in [2.24, 2.45) is 5.11 Å². The molecule has 0 unspecified atom stereocenters. The van der Waals surface area contributed by atoms with E-state index in [1.165, 1.54) is 18.2 Å². The number of ketones is 1. The van der Waals surface area contributed by atoms with Crippen molar-refractivity contribution in [2.75, 3.05) is 0 Å². The van der Waals surface area contributed by atoms with Crippen molar-refractivity contribution in [1.29, 1.82) is 0 Å². The Morgan fingerprint density at radius 2 is 1.76 bits per heavy atom. The summed E-state index contributed by atoms with van der Waals surface area (Å²) in [5.74, 6) is -1.24. The number of hydrogen-bond donors (Lipinski definition) is 0. The monoisotopic (exact) mass is 373 g/mol. The van der Waals surface area contributed by atoms with E-state index in [-0.39, 0.29) is 27.7 Å². The number of benzene rings is 3. The molecule has 25 heavy (non-hydrogen) atoms. The molecule has 0 amide bonds. The minimum atomic E-state index is -0.644. The second-order valence-corrected chi connectivity index (χ2v) is 6.11. The van der Waals surface area contributed by atoms with Gasteiger partial charge < -0.3 is 0 Å². The van der Waals surface area contributed by atoms with Gasteiger partial charge in [0.1, 0.15) is 5.82 Å². The highest BCUT2D eigenvalue weighted by Crippen LogP contribution is 2.32. The highest BCUT2D eigenvalue weighted by molar-refractivity contribution is 6.41. The van der Waals surface area contributed by atoms with Gasteiger partial charge >= 0.3 is 0 Å². The first-order chi connectivity index (χ1) is 12.0. The molecular weight excluding hydrogens is 364 g/mol. The van der Waals surface area contributed by atoms with Gasteiger partial charge in [-0.15, -0.1) is 0 Å². The standard InChI is InChI=1S/C18H10Cl2FN3O/c19-13-7-10(9-23-24-22)8-14(20)17(13)18(25)16-12-4-2-1-3-11(12)5-6-15(16)21/h1-8H,9H2. The molecule has 124 valence electrons. The molecule has 3 aromatic carbocycles. The van der Waals surface area contributed by atoms with Gasteiger partial charge in [0.25, 0.3) is 0 Å². The summed E-state index contributed by atoms with van der Waals surface area (Å²) in [7, 11) is 0. The predicted octanol–water partition coefficient (Wildman–Crippen LogP) is 6.33. The Hall–Kier alpha value is -2.59. The Labute approximate surface area is 152 Å². The van der Waals surface area contributed by atoms with Gasteiger partial charge in [-0.25, -0.2) is 4.39 Å². The van der Waals surface area contributed by atoms with Crippen LogP contribution < -0.4 is 0 Å². The summed E-state index contributed by atoms with van der Waals surface area (Å²) < 4.78 is 14.4. The zero-order chi connectivity index (χ0) is 18.0. The first-order valence-corrected chi connectivity index (χ1v) is 7.99. The van der Waals surface area contributed by atoms with Crippen LogP contribution in [0.15, 0.2) is 53.6 Å². The van der Waals surface area contributed by atoms with Crippen LogP contribution in [-0.2, 0) is 6.54 Å². The van der Waals surface area contributed by atoms with E-state index >= 15 is 0 Å². The maximum atomic E-state index is 14.4. The molecule has 3 rings (SSSR count). The molecule has 4 nitrogen and oxygen atoms in total. The largest absolute Gasteiger partial charge is 0.288 e. The molecule has 0 bridgehead atoms. The zero-order valence-corrected chi connectivity index (χ0v) is 14.2. The quantitative estimate of drug-likeness (QED) is 0.228. The summed E-state index contributed by atoms with van der Waals surface area (Å²) in [6.45, 7) is 0.0487. The maximum Gasteiger partial charge on any atom is 0.199 e. The normalized spacial score (nSPS) is 10.5. The van der Waals surface area contributed by atoms with E-state index in [0.29, 0.717) is 10.9 Å². The van der Waals surface area contributed by atoms with E-state index in [0.717, 1.165) is 5.39 Å². The molecule has 0 fully saturated rings. The average molecular weight is 374 g/mol. The Bertz CT molecular complexity index is 1020. The Morgan fingerprint density at radius 1 is 1.08 bits per heavy atom. The maximum absolute atomic E-state index is 14.4. The van der Waals surface area contributed by atoms with Crippen LogP contribution in [0.25, 0.3) is 21.2 Å². The fourth-order valence-electron chi connectivity index (χ4n) is 2.65. The third-order valence-corrected chi connectivity index (χ3v) is 4.35. The van der Waals surface area contributed by atoms with E-state index in [9.17, 15) is 9.18 Å². The topological polar surface area (TPSA) is 65.8 Å². The molecule has 0 spiro atoms. The lowest BCUT2D eigenvalue weighted by molar-refractivity contribution is 0.103. The van der Waals surface area contributed by atoms with Crippen molar-refractivity contribution < 1.29 is 9.18 Å². The van der Waals surface area contributed by atoms with Crippen molar-refractivity contribution in [2.45, 2.75) is 6.54 Å². The molecule has 0 aromatic heterocycles.